The monoisotopic (exact) mass is 422 g/mol. The van der Waals surface area contributed by atoms with E-state index in [9.17, 15) is 14.4 Å². The molecule has 2 amide bonds. The number of hydrogen-bond donors (Lipinski definition) is 3. The average Bonchev–Trinajstić information content (AvgIpc) is 3.31. The minimum atomic E-state index is -0.693. The minimum absolute atomic E-state index is 0.0323. The predicted molar refractivity (Wildman–Crippen MR) is 118 cm³/mol. The molecule has 30 heavy (non-hydrogen) atoms. The third-order valence-electron chi connectivity index (χ3n) is 7.21. The summed E-state index contributed by atoms with van der Waals surface area (Å²) in [6.07, 6.45) is 14.3. The quantitative estimate of drug-likeness (QED) is 0.324. The lowest BCUT2D eigenvalue weighted by molar-refractivity contribution is -0.137. The average molecular weight is 423 g/mol. The second-order valence-electron chi connectivity index (χ2n) is 9.38. The normalized spacial score (nSPS) is 24.7. The molecule has 0 aromatic carbocycles. The van der Waals surface area contributed by atoms with Crippen LogP contribution in [0.15, 0.2) is 0 Å². The highest BCUT2D eigenvalue weighted by Gasteiger charge is 2.46. The van der Waals surface area contributed by atoms with Crippen molar-refractivity contribution in [3.63, 3.8) is 0 Å². The number of fused-ring (bicyclic) bond motifs is 2. The summed E-state index contributed by atoms with van der Waals surface area (Å²) in [5.74, 6) is 2.36. The third kappa shape index (κ3) is 8.65. The van der Waals surface area contributed by atoms with Gasteiger partial charge in [-0.2, -0.15) is 0 Å². The second-order valence-corrected chi connectivity index (χ2v) is 9.38. The molecule has 0 heterocycles. The second kappa shape index (κ2) is 13.7. The van der Waals surface area contributed by atoms with Crippen LogP contribution in [-0.4, -0.2) is 36.0 Å². The Morgan fingerprint density at radius 2 is 1.47 bits per heavy atom. The van der Waals surface area contributed by atoms with E-state index in [4.69, 9.17) is 5.11 Å². The molecular formula is C24H42N2O4. The summed E-state index contributed by atoms with van der Waals surface area (Å²) >= 11 is 0. The van der Waals surface area contributed by atoms with Crippen LogP contribution in [0.4, 0.5) is 0 Å². The van der Waals surface area contributed by atoms with Crippen LogP contribution < -0.4 is 10.6 Å². The Hall–Kier alpha value is -1.59. The van der Waals surface area contributed by atoms with Crippen molar-refractivity contribution in [2.45, 2.75) is 96.8 Å². The van der Waals surface area contributed by atoms with Gasteiger partial charge >= 0.3 is 5.97 Å². The summed E-state index contributed by atoms with van der Waals surface area (Å²) in [6, 6.07) is 0. The zero-order chi connectivity index (χ0) is 21.8. The largest absolute Gasteiger partial charge is 0.481 e. The molecule has 2 aliphatic carbocycles. The number of hydrogen-bond acceptors (Lipinski definition) is 3. The SMILES string of the molecule is CCCCCC(=O)NCC(=O)NCCC1C2CCC(C2)C1CCCCCCC(=O)O. The van der Waals surface area contributed by atoms with E-state index < -0.39 is 5.97 Å². The Labute approximate surface area is 181 Å². The molecule has 6 heteroatoms. The number of carboxylic acids is 1. The van der Waals surface area contributed by atoms with Crippen molar-refractivity contribution < 1.29 is 19.5 Å². The summed E-state index contributed by atoms with van der Waals surface area (Å²) in [6.45, 7) is 2.89. The van der Waals surface area contributed by atoms with Gasteiger partial charge in [-0.1, -0.05) is 39.0 Å². The first-order valence-electron chi connectivity index (χ1n) is 12.3. The van der Waals surface area contributed by atoms with Crippen molar-refractivity contribution in [2.24, 2.45) is 23.7 Å². The molecule has 0 aromatic rings. The molecule has 2 bridgehead atoms. The number of carbonyl (C=O) groups excluding carboxylic acids is 2. The minimum Gasteiger partial charge on any atom is -0.481 e. The third-order valence-corrected chi connectivity index (χ3v) is 7.21. The number of aliphatic carboxylic acids is 1. The van der Waals surface area contributed by atoms with Gasteiger partial charge < -0.3 is 15.7 Å². The summed E-state index contributed by atoms with van der Waals surface area (Å²) in [5, 5.41) is 14.4. The highest BCUT2D eigenvalue weighted by atomic mass is 16.4. The number of nitrogens with one attached hydrogen (secondary N) is 2. The van der Waals surface area contributed by atoms with Crippen molar-refractivity contribution in [3.8, 4) is 0 Å². The lowest BCUT2D eigenvalue weighted by Gasteiger charge is -2.31. The molecule has 3 N–H and O–H groups in total. The van der Waals surface area contributed by atoms with E-state index in [-0.39, 0.29) is 24.8 Å². The standard InChI is InChI=1S/C24H42N2O4/c1-2-3-6-10-22(27)26-17-23(28)25-15-14-21-19-13-12-18(16-19)20(21)9-7-4-5-8-11-24(29)30/h18-21H,2-17H2,1H3,(H,25,28)(H,26,27)(H,29,30). The molecule has 0 aromatic heterocycles. The predicted octanol–water partition coefficient (Wildman–Crippen LogP) is 4.28. The summed E-state index contributed by atoms with van der Waals surface area (Å²) < 4.78 is 0. The first-order chi connectivity index (χ1) is 14.5. The number of rotatable bonds is 16. The molecule has 4 atom stereocenters. The Kier molecular flexibility index (Phi) is 11.2. The van der Waals surface area contributed by atoms with Gasteiger partial charge in [0.05, 0.1) is 6.54 Å². The fourth-order valence-corrected chi connectivity index (χ4v) is 5.68. The van der Waals surface area contributed by atoms with Crippen LogP contribution in [0.1, 0.15) is 96.8 Å². The van der Waals surface area contributed by atoms with E-state index in [0.29, 0.717) is 18.9 Å². The van der Waals surface area contributed by atoms with Gasteiger partial charge in [0.2, 0.25) is 11.8 Å². The molecule has 0 aliphatic heterocycles. The van der Waals surface area contributed by atoms with Gasteiger partial charge in [0.15, 0.2) is 0 Å². The number of carboxylic acid groups (broad SMARTS) is 1. The van der Waals surface area contributed by atoms with Crippen LogP contribution in [0.2, 0.25) is 0 Å². The van der Waals surface area contributed by atoms with Crippen molar-refractivity contribution in [1.29, 1.82) is 0 Å². The molecule has 2 fully saturated rings. The Morgan fingerprint density at radius 3 is 2.17 bits per heavy atom. The van der Waals surface area contributed by atoms with E-state index in [1.54, 1.807) is 0 Å². The smallest absolute Gasteiger partial charge is 0.303 e. The molecule has 2 saturated carbocycles. The molecule has 6 nitrogen and oxygen atoms in total. The Morgan fingerprint density at radius 1 is 0.800 bits per heavy atom. The Balaban J connectivity index is 1.60. The summed E-state index contributed by atoms with van der Waals surface area (Å²) in [4.78, 5) is 34.4. The van der Waals surface area contributed by atoms with Crippen molar-refractivity contribution in [1.82, 2.24) is 10.6 Å². The first kappa shape index (κ1) is 24.7. The lowest BCUT2D eigenvalue weighted by atomic mass is 9.75. The van der Waals surface area contributed by atoms with Crippen LogP contribution in [-0.2, 0) is 14.4 Å². The van der Waals surface area contributed by atoms with Gasteiger partial charge in [-0.15, -0.1) is 0 Å². The molecule has 4 unspecified atom stereocenters. The van der Waals surface area contributed by atoms with Crippen LogP contribution in [0.25, 0.3) is 0 Å². The van der Waals surface area contributed by atoms with E-state index in [2.05, 4.69) is 17.6 Å². The topological polar surface area (TPSA) is 95.5 Å². The summed E-state index contributed by atoms with van der Waals surface area (Å²) in [5.41, 5.74) is 0. The zero-order valence-corrected chi connectivity index (χ0v) is 18.8. The van der Waals surface area contributed by atoms with Gasteiger partial charge in [-0.3, -0.25) is 14.4 Å². The highest BCUT2D eigenvalue weighted by molar-refractivity contribution is 5.84. The lowest BCUT2D eigenvalue weighted by Crippen LogP contribution is -2.38. The zero-order valence-electron chi connectivity index (χ0n) is 18.8. The van der Waals surface area contributed by atoms with E-state index in [0.717, 1.165) is 62.7 Å². The fraction of sp³-hybridized carbons (Fsp3) is 0.875. The van der Waals surface area contributed by atoms with Crippen LogP contribution in [0.3, 0.4) is 0 Å². The fourth-order valence-electron chi connectivity index (χ4n) is 5.68. The van der Waals surface area contributed by atoms with Crippen molar-refractivity contribution in [3.05, 3.63) is 0 Å². The molecule has 172 valence electrons. The van der Waals surface area contributed by atoms with Crippen LogP contribution >= 0.6 is 0 Å². The van der Waals surface area contributed by atoms with Crippen molar-refractivity contribution >= 4 is 17.8 Å². The number of unbranched alkanes of at least 4 members (excludes halogenated alkanes) is 5. The van der Waals surface area contributed by atoms with Gasteiger partial charge in [0.25, 0.3) is 0 Å². The van der Waals surface area contributed by atoms with E-state index in [1.807, 2.05) is 0 Å². The molecule has 2 rings (SSSR count). The molecule has 0 saturated heterocycles. The van der Waals surface area contributed by atoms with Gasteiger partial charge in [-0.25, -0.2) is 0 Å². The van der Waals surface area contributed by atoms with Gasteiger partial charge in [0, 0.05) is 19.4 Å². The number of carbonyl (C=O) groups is 3. The first-order valence-corrected chi connectivity index (χ1v) is 12.3. The summed E-state index contributed by atoms with van der Waals surface area (Å²) in [7, 11) is 0. The maximum absolute atomic E-state index is 12.0. The molecule has 0 radical (unpaired) electrons. The van der Waals surface area contributed by atoms with Gasteiger partial charge in [-0.05, 0) is 68.6 Å². The molecule has 2 aliphatic rings. The molecular weight excluding hydrogens is 380 g/mol. The van der Waals surface area contributed by atoms with E-state index in [1.165, 1.54) is 32.1 Å². The van der Waals surface area contributed by atoms with Gasteiger partial charge in [0.1, 0.15) is 0 Å². The van der Waals surface area contributed by atoms with Crippen LogP contribution in [0.5, 0.6) is 0 Å². The Bertz CT molecular complexity index is 551. The van der Waals surface area contributed by atoms with Crippen molar-refractivity contribution in [2.75, 3.05) is 13.1 Å². The maximum Gasteiger partial charge on any atom is 0.303 e. The van der Waals surface area contributed by atoms with Crippen LogP contribution in [0, 0.1) is 23.7 Å². The maximum atomic E-state index is 12.0. The molecule has 0 spiro atoms. The highest BCUT2D eigenvalue weighted by Crippen LogP contribution is 2.55. The number of amides is 2. The van der Waals surface area contributed by atoms with E-state index >= 15 is 0 Å².